The van der Waals surface area contributed by atoms with Crippen LogP contribution in [0.25, 0.3) is 0 Å². The molecule has 0 radical (unpaired) electrons. The van der Waals surface area contributed by atoms with Crippen molar-refractivity contribution in [3.8, 4) is 0 Å². The van der Waals surface area contributed by atoms with Crippen LogP contribution in [-0.4, -0.2) is 17.4 Å². The molecule has 2 aromatic rings. The lowest BCUT2D eigenvalue weighted by Crippen LogP contribution is -2.22. The predicted octanol–water partition coefficient (Wildman–Crippen LogP) is 4.50. The Morgan fingerprint density at radius 3 is 2.52 bits per heavy atom. The summed E-state index contributed by atoms with van der Waals surface area (Å²) in [6, 6.07) is 5.82. The molecular formula is C14H10ClF4N3S. The minimum absolute atomic E-state index is 0.256. The molecule has 0 amide bonds. The van der Waals surface area contributed by atoms with Crippen LogP contribution >= 0.6 is 22.9 Å². The molecule has 1 aromatic heterocycles. The Labute approximate surface area is 138 Å². The van der Waals surface area contributed by atoms with Crippen LogP contribution in [0.3, 0.4) is 0 Å². The van der Waals surface area contributed by atoms with Crippen molar-refractivity contribution in [3.63, 3.8) is 0 Å². The normalized spacial score (nSPS) is 13.7. The van der Waals surface area contributed by atoms with Crippen molar-refractivity contribution in [1.82, 2.24) is 10.3 Å². The Kier molecular flexibility index (Phi) is 5.73. The van der Waals surface area contributed by atoms with Gasteiger partial charge >= 0.3 is 6.18 Å². The summed E-state index contributed by atoms with van der Waals surface area (Å²) in [5.41, 5.74) is -0.874. The molecule has 0 saturated heterocycles. The van der Waals surface area contributed by atoms with Gasteiger partial charge in [-0.25, -0.2) is 9.37 Å². The van der Waals surface area contributed by atoms with Gasteiger partial charge in [-0.1, -0.05) is 17.7 Å². The summed E-state index contributed by atoms with van der Waals surface area (Å²) in [5, 5.41) is 4.43. The van der Waals surface area contributed by atoms with E-state index in [0.29, 0.717) is 17.4 Å². The van der Waals surface area contributed by atoms with Crippen molar-refractivity contribution in [2.75, 3.05) is 6.54 Å². The maximum Gasteiger partial charge on any atom is 0.434 e. The lowest BCUT2D eigenvalue weighted by Gasteiger charge is -2.06. The fourth-order valence-corrected chi connectivity index (χ4v) is 2.45. The highest BCUT2D eigenvalue weighted by Crippen LogP contribution is 2.30. The second kappa shape index (κ2) is 7.56. The van der Waals surface area contributed by atoms with Gasteiger partial charge < -0.3 is 5.32 Å². The minimum atomic E-state index is -4.39. The number of aliphatic imine (C=N–C) groups is 1. The molecule has 3 rings (SSSR count). The van der Waals surface area contributed by atoms with Gasteiger partial charge in [0, 0.05) is 16.6 Å². The number of amidine groups is 1. The molecule has 0 fully saturated rings. The van der Waals surface area contributed by atoms with Crippen LogP contribution in [0.15, 0.2) is 46.9 Å². The highest BCUT2D eigenvalue weighted by atomic mass is 35.5. The van der Waals surface area contributed by atoms with Crippen LogP contribution < -0.4 is 5.32 Å². The number of nitrogens with one attached hydrogen (secondary N) is 1. The summed E-state index contributed by atoms with van der Waals surface area (Å²) in [7, 11) is 0. The molecule has 23 heavy (non-hydrogen) atoms. The van der Waals surface area contributed by atoms with E-state index in [1.807, 2.05) is 0 Å². The zero-order valence-electron chi connectivity index (χ0n) is 11.4. The lowest BCUT2D eigenvalue weighted by molar-refractivity contribution is -0.140. The van der Waals surface area contributed by atoms with E-state index in [4.69, 9.17) is 11.6 Å². The molecule has 0 saturated carbocycles. The molecule has 1 aromatic carbocycles. The first kappa shape index (κ1) is 17.4. The minimum Gasteiger partial charge on any atom is -0.345 e. The van der Waals surface area contributed by atoms with Crippen molar-refractivity contribution in [3.05, 3.63) is 63.5 Å². The number of nitrogens with zero attached hydrogens (tertiary/aromatic N) is 2. The van der Waals surface area contributed by atoms with E-state index in [0.717, 1.165) is 16.7 Å². The van der Waals surface area contributed by atoms with Crippen LogP contribution in [0, 0.1) is 5.82 Å². The van der Waals surface area contributed by atoms with E-state index >= 15 is 0 Å². The Hall–Kier alpha value is -1.93. The third-order valence-corrected chi connectivity index (χ3v) is 3.56. The average molecular weight is 364 g/mol. The molecule has 2 heterocycles. The first-order valence-corrected chi connectivity index (χ1v) is 7.52. The average Bonchev–Trinajstić information content (AvgIpc) is 2.98. The molecular weight excluding hydrogens is 354 g/mol. The van der Waals surface area contributed by atoms with E-state index in [-0.39, 0.29) is 10.8 Å². The molecule has 122 valence electrons. The largest absolute Gasteiger partial charge is 0.434 e. The molecule has 0 unspecified atom stereocenters. The molecule has 0 bridgehead atoms. The highest BCUT2D eigenvalue weighted by molar-refractivity contribution is 7.11. The molecule has 9 heteroatoms. The fraction of sp³-hybridized carbons (Fsp3) is 0.143. The van der Waals surface area contributed by atoms with Gasteiger partial charge in [-0.05, 0) is 24.3 Å². The van der Waals surface area contributed by atoms with Crippen LogP contribution in [0.4, 0.5) is 17.6 Å². The van der Waals surface area contributed by atoms with Crippen molar-refractivity contribution in [2.45, 2.75) is 6.18 Å². The third kappa shape index (κ3) is 5.33. The zero-order chi connectivity index (χ0) is 16.9. The number of hydrogen-bond acceptors (Lipinski definition) is 4. The number of alkyl halides is 3. The van der Waals surface area contributed by atoms with Gasteiger partial charge in [-0.15, -0.1) is 11.3 Å². The first-order valence-electron chi connectivity index (χ1n) is 6.26. The van der Waals surface area contributed by atoms with Crippen LogP contribution in [-0.2, 0) is 6.18 Å². The van der Waals surface area contributed by atoms with Gasteiger partial charge in [-0.3, -0.25) is 4.99 Å². The molecule has 1 aliphatic heterocycles. The van der Waals surface area contributed by atoms with E-state index in [1.54, 1.807) is 24.4 Å². The number of benzene rings is 1. The third-order valence-electron chi connectivity index (χ3n) is 2.48. The SMILES string of the molecule is FC(F)(F)c1csc(C2=NCC=CN2)n1.Fc1cccc(Cl)c1. The smallest absolute Gasteiger partial charge is 0.345 e. The Bertz CT molecular complexity index is 708. The molecule has 1 N–H and O–H groups in total. The summed E-state index contributed by atoms with van der Waals surface area (Å²) >= 11 is 6.33. The highest BCUT2D eigenvalue weighted by Gasteiger charge is 2.34. The van der Waals surface area contributed by atoms with Gasteiger partial charge in [0.25, 0.3) is 0 Å². The predicted molar refractivity (Wildman–Crippen MR) is 82.2 cm³/mol. The second-order valence-electron chi connectivity index (χ2n) is 4.21. The Balaban J connectivity index is 0.000000203. The number of thiazole rings is 1. The molecule has 3 nitrogen and oxygen atoms in total. The molecule has 0 aliphatic carbocycles. The molecule has 0 atom stereocenters. The summed E-state index contributed by atoms with van der Waals surface area (Å²) in [6.45, 7) is 0.462. The quantitative estimate of drug-likeness (QED) is 0.757. The van der Waals surface area contributed by atoms with Crippen LogP contribution in [0.1, 0.15) is 10.7 Å². The van der Waals surface area contributed by atoms with Crippen molar-refractivity contribution in [1.29, 1.82) is 0 Å². The summed E-state index contributed by atoms with van der Waals surface area (Å²) in [6.07, 6.45) is -0.988. The second-order valence-corrected chi connectivity index (χ2v) is 5.51. The van der Waals surface area contributed by atoms with Crippen molar-refractivity contribution >= 4 is 28.8 Å². The zero-order valence-corrected chi connectivity index (χ0v) is 13.0. The van der Waals surface area contributed by atoms with E-state index in [9.17, 15) is 17.6 Å². The number of rotatable bonds is 1. The van der Waals surface area contributed by atoms with Crippen molar-refractivity contribution in [2.24, 2.45) is 4.99 Å². The lowest BCUT2D eigenvalue weighted by atomic mass is 10.4. The standard InChI is InChI=1S/C8H6F3N3S.C6H4ClF/c9-8(10,11)5-4-15-7(14-5)6-12-2-1-3-13-6;7-5-2-1-3-6(8)4-5/h1-2,4H,3H2,(H,12,13);1-4H. The fourth-order valence-electron chi connectivity index (χ4n) is 1.48. The monoisotopic (exact) mass is 363 g/mol. The van der Waals surface area contributed by atoms with E-state index in [1.165, 1.54) is 12.1 Å². The van der Waals surface area contributed by atoms with Gasteiger partial charge in [0.1, 0.15) is 5.82 Å². The van der Waals surface area contributed by atoms with E-state index < -0.39 is 11.9 Å². The van der Waals surface area contributed by atoms with Crippen molar-refractivity contribution < 1.29 is 17.6 Å². The number of halogens is 5. The van der Waals surface area contributed by atoms with Gasteiger partial charge in [-0.2, -0.15) is 13.2 Å². The number of hydrogen-bond donors (Lipinski definition) is 1. The van der Waals surface area contributed by atoms with Gasteiger partial charge in [0.15, 0.2) is 16.5 Å². The Morgan fingerprint density at radius 1 is 1.26 bits per heavy atom. The summed E-state index contributed by atoms with van der Waals surface area (Å²) in [4.78, 5) is 7.47. The molecule has 1 aliphatic rings. The maximum absolute atomic E-state index is 12.2. The molecule has 0 spiro atoms. The van der Waals surface area contributed by atoms with Crippen LogP contribution in [0.5, 0.6) is 0 Å². The first-order chi connectivity index (χ1) is 10.9. The van der Waals surface area contributed by atoms with Gasteiger partial charge in [0.2, 0.25) is 0 Å². The Morgan fingerprint density at radius 2 is 2.04 bits per heavy atom. The van der Waals surface area contributed by atoms with Gasteiger partial charge in [0.05, 0.1) is 6.54 Å². The van der Waals surface area contributed by atoms with Crippen LogP contribution in [0.2, 0.25) is 5.02 Å². The summed E-state index contributed by atoms with van der Waals surface area (Å²) < 4.78 is 48.8. The van der Waals surface area contributed by atoms with E-state index in [2.05, 4.69) is 15.3 Å². The maximum atomic E-state index is 12.2. The summed E-state index contributed by atoms with van der Waals surface area (Å²) in [5.74, 6) is 0.0931. The number of aromatic nitrogens is 1. The topological polar surface area (TPSA) is 37.3 Å².